The maximum atomic E-state index is 12.0. The van der Waals surface area contributed by atoms with Gasteiger partial charge in [0.25, 0.3) is 0 Å². The Bertz CT molecular complexity index is 600. The normalized spacial score (nSPS) is 17.9. The number of nitrogens with one attached hydrogen (secondary N) is 1. The lowest BCUT2D eigenvalue weighted by Gasteiger charge is -2.33. The third kappa shape index (κ3) is 3.10. The molecule has 6 nitrogen and oxygen atoms in total. The fraction of sp³-hybridized carbons (Fsp3) is 0.438. The Morgan fingerprint density at radius 2 is 2.00 bits per heavy atom. The highest BCUT2D eigenvalue weighted by Gasteiger charge is 2.31. The molecule has 1 aliphatic heterocycles. The highest BCUT2D eigenvalue weighted by atomic mass is 16.2. The van der Waals surface area contributed by atoms with E-state index in [9.17, 15) is 14.4 Å². The molecule has 1 aromatic rings. The molecule has 0 saturated carbocycles. The molecule has 0 bridgehead atoms. The van der Waals surface area contributed by atoms with Crippen LogP contribution in [0, 0.1) is 0 Å². The molecule has 1 unspecified atom stereocenters. The summed E-state index contributed by atoms with van der Waals surface area (Å²) in [5.41, 5.74) is 2.66. The molecule has 118 valence electrons. The minimum absolute atomic E-state index is 0.235. The van der Waals surface area contributed by atoms with Gasteiger partial charge in [-0.15, -0.1) is 0 Å². The Morgan fingerprint density at radius 1 is 1.27 bits per heavy atom. The fourth-order valence-electron chi connectivity index (χ4n) is 2.65. The Hall–Kier alpha value is -2.37. The van der Waals surface area contributed by atoms with Gasteiger partial charge in [0.15, 0.2) is 0 Å². The fourth-order valence-corrected chi connectivity index (χ4v) is 2.65. The standard InChI is InChI=1S/C16H21N3O3/c1-4-11-5-6-12(14(9-11)18(2)10-20)19(3)13-7-8-15(21)17-16(13)22/h5-6,9-10,13H,4,7-8H2,1-3H3,(H,17,21,22). The van der Waals surface area contributed by atoms with Crippen LogP contribution in [0.2, 0.25) is 0 Å². The predicted molar refractivity (Wildman–Crippen MR) is 84.9 cm³/mol. The van der Waals surface area contributed by atoms with Crippen molar-refractivity contribution in [2.75, 3.05) is 23.9 Å². The molecule has 1 saturated heterocycles. The highest BCUT2D eigenvalue weighted by molar-refractivity contribution is 6.02. The first-order valence-electron chi connectivity index (χ1n) is 7.35. The smallest absolute Gasteiger partial charge is 0.249 e. The van der Waals surface area contributed by atoms with Gasteiger partial charge in [0.05, 0.1) is 11.4 Å². The van der Waals surface area contributed by atoms with Crippen molar-refractivity contribution < 1.29 is 14.4 Å². The summed E-state index contributed by atoms with van der Waals surface area (Å²) in [5.74, 6) is -0.528. The zero-order chi connectivity index (χ0) is 16.3. The van der Waals surface area contributed by atoms with Gasteiger partial charge in [-0.1, -0.05) is 13.0 Å². The molecule has 1 heterocycles. The molecule has 22 heavy (non-hydrogen) atoms. The Balaban J connectivity index is 2.36. The van der Waals surface area contributed by atoms with Crippen molar-refractivity contribution in [3.05, 3.63) is 23.8 Å². The largest absolute Gasteiger partial charge is 0.361 e. The van der Waals surface area contributed by atoms with E-state index in [1.165, 1.54) is 4.90 Å². The van der Waals surface area contributed by atoms with E-state index in [0.717, 1.165) is 29.8 Å². The van der Waals surface area contributed by atoms with Gasteiger partial charge >= 0.3 is 0 Å². The number of amides is 3. The molecule has 3 amide bonds. The first-order chi connectivity index (χ1) is 10.5. The highest BCUT2D eigenvalue weighted by Crippen LogP contribution is 2.31. The third-order valence-corrected chi connectivity index (χ3v) is 4.04. The molecule has 1 atom stereocenters. The molecule has 2 rings (SSSR count). The van der Waals surface area contributed by atoms with Crippen molar-refractivity contribution in [2.24, 2.45) is 0 Å². The summed E-state index contributed by atoms with van der Waals surface area (Å²) >= 11 is 0. The van der Waals surface area contributed by atoms with E-state index < -0.39 is 6.04 Å². The summed E-state index contributed by atoms with van der Waals surface area (Å²) in [4.78, 5) is 37.8. The molecule has 1 fully saturated rings. The second-order valence-corrected chi connectivity index (χ2v) is 5.47. The van der Waals surface area contributed by atoms with Crippen LogP contribution in [0.15, 0.2) is 18.2 Å². The van der Waals surface area contributed by atoms with E-state index in [0.29, 0.717) is 12.8 Å². The molecule has 0 radical (unpaired) electrons. The van der Waals surface area contributed by atoms with Crippen LogP contribution in [-0.2, 0) is 20.8 Å². The number of hydrogen-bond donors (Lipinski definition) is 1. The van der Waals surface area contributed by atoms with Crippen LogP contribution < -0.4 is 15.1 Å². The Morgan fingerprint density at radius 3 is 2.59 bits per heavy atom. The lowest BCUT2D eigenvalue weighted by molar-refractivity contribution is -0.134. The van der Waals surface area contributed by atoms with Crippen LogP contribution in [0.3, 0.4) is 0 Å². The van der Waals surface area contributed by atoms with Crippen LogP contribution >= 0.6 is 0 Å². The Labute approximate surface area is 130 Å². The summed E-state index contributed by atoms with van der Waals surface area (Å²) in [6.07, 6.45) is 2.41. The number of aryl methyl sites for hydroxylation is 1. The molecule has 1 aliphatic rings. The number of benzene rings is 1. The minimum Gasteiger partial charge on any atom is -0.361 e. The monoisotopic (exact) mass is 303 g/mol. The van der Waals surface area contributed by atoms with E-state index >= 15 is 0 Å². The van der Waals surface area contributed by atoms with Crippen molar-refractivity contribution in [1.82, 2.24) is 5.32 Å². The van der Waals surface area contributed by atoms with Gasteiger partial charge in [0.1, 0.15) is 6.04 Å². The van der Waals surface area contributed by atoms with Crippen LogP contribution in [0.5, 0.6) is 0 Å². The van der Waals surface area contributed by atoms with Crippen LogP contribution in [0.4, 0.5) is 11.4 Å². The summed E-state index contributed by atoms with van der Waals surface area (Å²) in [7, 11) is 3.49. The van der Waals surface area contributed by atoms with E-state index in [2.05, 4.69) is 5.32 Å². The number of piperidine rings is 1. The van der Waals surface area contributed by atoms with Crippen LogP contribution in [0.25, 0.3) is 0 Å². The number of imide groups is 1. The first-order valence-corrected chi connectivity index (χ1v) is 7.35. The summed E-state index contributed by atoms with van der Waals surface area (Å²) in [6.45, 7) is 2.05. The second kappa shape index (κ2) is 6.60. The molecule has 1 aromatic carbocycles. The summed E-state index contributed by atoms with van der Waals surface area (Å²) in [5, 5.41) is 2.36. The van der Waals surface area contributed by atoms with Gasteiger partial charge in [-0.3, -0.25) is 19.7 Å². The predicted octanol–water partition coefficient (Wildman–Crippen LogP) is 1.08. The van der Waals surface area contributed by atoms with Gasteiger partial charge < -0.3 is 9.80 Å². The number of hydrogen-bond acceptors (Lipinski definition) is 4. The quantitative estimate of drug-likeness (QED) is 0.653. The van der Waals surface area contributed by atoms with E-state index in [1.807, 2.05) is 37.1 Å². The maximum Gasteiger partial charge on any atom is 0.249 e. The topological polar surface area (TPSA) is 69.7 Å². The zero-order valence-electron chi connectivity index (χ0n) is 13.1. The number of carbonyl (C=O) groups is 3. The van der Waals surface area contributed by atoms with E-state index in [4.69, 9.17) is 0 Å². The van der Waals surface area contributed by atoms with Gasteiger partial charge in [0.2, 0.25) is 18.2 Å². The van der Waals surface area contributed by atoms with E-state index in [-0.39, 0.29) is 11.8 Å². The second-order valence-electron chi connectivity index (χ2n) is 5.47. The average molecular weight is 303 g/mol. The zero-order valence-corrected chi connectivity index (χ0v) is 13.1. The van der Waals surface area contributed by atoms with Crippen molar-refractivity contribution in [3.63, 3.8) is 0 Å². The van der Waals surface area contributed by atoms with Crippen LogP contribution in [0.1, 0.15) is 25.3 Å². The SMILES string of the molecule is CCc1ccc(N(C)C2CCC(=O)NC2=O)c(N(C)C=O)c1. The maximum absolute atomic E-state index is 12.0. The molecular weight excluding hydrogens is 282 g/mol. The first kappa shape index (κ1) is 16.0. The molecule has 0 aromatic heterocycles. The average Bonchev–Trinajstić information content (AvgIpc) is 2.53. The number of carbonyl (C=O) groups excluding carboxylic acids is 3. The van der Waals surface area contributed by atoms with Crippen molar-refractivity contribution >= 4 is 29.6 Å². The number of rotatable bonds is 5. The lowest BCUT2D eigenvalue weighted by Crippen LogP contribution is -2.51. The minimum atomic E-state index is -0.413. The number of anilines is 2. The van der Waals surface area contributed by atoms with E-state index in [1.54, 1.807) is 7.05 Å². The van der Waals surface area contributed by atoms with Gasteiger partial charge in [-0.05, 0) is 30.5 Å². The van der Waals surface area contributed by atoms with Gasteiger partial charge in [0, 0.05) is 20.5 Å². The van der Waals surface area contributed by atoms with Crippen LogP contribution in [-0.4, -0.2) is 38.4 Å². The molecule has 1 N–H and O–H groups in total. The lowest BCUT2D eigenvalue weighted by atomic mass is 10.0. The molecule has 0 aliphatic carbocycles. The summed E-state index contributed by atoms with van der Waals surface area (Å²) in [6, 6.07) is 5.44. The number of nitrogens with zero attached hydrogens (tertiary/aromatic N) is 2. The van der Waals surface area contributed by atoms with Gasteiger partial charge in [-0.25, -0.2) is 0 Å². The van der Waals surface area contributed by atoms with Crippen molar-refractivity contribution in [1.29, 1.82) is 0 Å². The van der Waals surface area contributed by atoms with Crippen molar-refractivity contribution in [3.8, 4) is 0 Å². The third-order valence-electron chi connectivity index (χ3n) is 4.04. The van der Waals surface area contributed by atoms with Gasteiger partial charge in [-0.2, -0.15) is 0 Å². The molecule has 0 spiro atoms. The molecule has 6 heteroatoms. The summed E-state index contributed by atoms with van der Waals surface area (Å²) < 4.78 is 0. The molecular formula is C16H21N3O3. The Kier molecular flexibility index (Phi) is 4.80. The number of likely N-dealkylation sites (N-methyl/N-ethyl adjacent to an activating group) is 1. The van der Waals surface area contributed by atoms with Crippen molar-refractivity contribution in [2.45, 2.75) is 32.2 Å².